The van der Waals surface area contributed by atoms with Crippen LogP contribution < -0.4 is 5.73 Å². The second-order valence-electron chi connectivity index (χ2n) is 4.43. The first-order valence-corrected chi connectivity index (χ1v) is 7.75. The Kier molecular flexibility index (Phi) is 4.11. The molecule has 1 unspecified atom stereocenters. The van der Waals surface area contributed by atoms with Crippen LogP contribution in [0, 0.1) is 11.3 Å². The zero-order chi connectivity index (χ0) is 14.0. The van der Waals surface area contributed by atoms with Crippen LogP contribution in [0.15, 0.2) is 23.1 Å². The van der Waals surface area contributed by atoms with Crippen molar-refractivity contribution in [3.05, 3.63) is 28.8 Å². The molecule has 102 valence electrons. The summed E-state index contributed by atoms with van der Waals surface area (Å²) in [4.78, 5) is 0.0776. The van der Waals surface area contributed by atoms with Crippen molar-refractivity contribution in [2.45, 2.75) is 30.3 Å². The van der Waals surface area contributed by atoms with Crippen molar-refractivity contribution >= 4 is 21.6 Å². The summed E-state index contributed by atoms with van der Waals surface area (Å²) in [6, 6.07) is 6.00. The largest absolute Gasteiger partial charge is 0.315 e. The zero-order valence-electron chi connectivity index (χ0n) is 10.2. The van der Waals surface area contributed by atoms with Crippen LogP contribution >= 0.6 is 11.6 Å². The van der Waals surface area contributed by atoms with Gasteiger partial charge in [0.25, 0.3) is 0 Å². The first-order chi connectivity index (χ1) is 8.96. The molecule has 0 radical (unpaired) electrons. The van der Waals surface area contributed by atoms with E-state index >= 15 is 0 Å². The Bertz CT molecular complexity index is 624. The first-order valence-electron chi connectivity index (χ1n) is 5.94. The van der Waals surface area contributed by atoms with Gasteiger partial charge in [0, 0.05) is 6.54 Å². The molecule has 1 heterocycles. The van der Waals surface area contributed by atoms with Crippen molar-refractivity contribution in [2.75, 3.05) is 6.54 Å². The van der Waals surface area contributed by atoms with Crippen molar-refractivity contribution in [3.63, 3.8) is 0 Å². The molecule has 0 amide bonds. The van der Waals surface area contributed by atoms with E-state index < -0.39 is 16.2 Å². The molecule has 7 heteroatoms. The standard InChI is InChI=1S/C12H14ClN3O2S/c13-11-7-10(5-4-9(11)8-14)19(17,18)16-6-2-1-3-12(16)15/h4-5,7,12H,1-3,6,15H2. The number of benzene rings is 1. The number of hydrogen-bond donors (Lipinski definition) is 1. The number of nitriles is 1. The summed E-state index contributed by atoms with van der Waals surface area (Å²) < 4.78 is 26.2. The fourth-order valence-electron chi connectivity index (χ4n) is 2.11. The van der Waals surface area contributed by atoms with Gasteiger partial charge in [0.05, 0.1) is 21.6 Å². The van der Waals surface area contributed by atoms with Gasteiger partial charge in [0.15, 0.2) is 0 Å². The zero-order valence-corrected chi connectivity index (χ0v) is 11.8. The molecular formula is C12H14ClN3O2S. The summed E-state index contributed by atoms with van der Waals surface area (Å²) in [5.41, 5.74) is 6.11. The van der Waals surface area contributed by atoms with Gasteiger partial charge in [-0.25, -0.2) is 8.42 Å². The monoisotopic (exact) mass is 299 g/mol. The first kappa shape index (κ1) is 14.3. The number of hydrogen-bond acceptors (Lipinski definition) is 4. The summed E-state index contributed by atoms with van der Waals surface area (Å²) in [5, 5.41) is 8.92. The number of halogens is 1. The van der Waals surface area contributed by atoms with Crippen LogP contribution in [-0.2, 0) is 10.0 Å². The Morgan fingerprint density at radius 1 is 1.42 bits per heavy atom. The molecule has 2 N–H and O–H groups in total. The molecule has 1 atom stereocenters. The predicted octanol–water partition coefficient (Wildman–Crippen LogP) is 1.67. The molecule has 0 bridgehead atoms. The molecule has 0 spiro atoms. The molecule has 0 saturated carbocycles. The number of nitrogens with two attached hydrogens (primary N) is 1. The third kappa shape index (κ3) is 2.74. The van der Waals surface area contributed by atoms with Crippen LogP contribution in [0.4, 0.5) is 0 Å². The van der Waals surface area contributed by atoms with E-state index in [-0.39, 0.29) is 15.5 Å². The highest BCUT2D eigenvalue weighted by atomic mass is 35.5. The molecular weight excluding hydrogens is 286 g/mol. The van der Waals surface area contributed by atoms with E-state index in [2.05, 4.69) is 0 Å². The van der Waals surface area contributed by atoms with E-state index in [1.54, 1.807) is 0 Å². The van der Waals surface area contributed by atoms with Crippen LogP contribution in [0.25, 0.3) is 0 Å². The summed E-state index contributed by atoms with van der Waals surface area (Å²) in [7, 11) is -3.64. The van der Waals surface area contributed by atoms with Crippen molar-refractivity contribution in [2.24, 2.45) is 5.73 Å². The lowest BCUT2D eigenvalue weighted by molar-refractivity contribution is 0.258. The van der Waals surface area contributed by atoms with E-state index in [9.17, 15) is 8.42 Å². The lowest BCUT2D eigenvalue weighted by Crippen LogP contribution is -2.48. The molecule has 1 fully saturated rings. The maximum Gasteiger partial charge on any atom is 0.244 e. The van der Waals surface area contributed by atoms with Gasteiger partial charge < -0.3 is 5.73 Å². The van der Waals surface area contributed by atoms with Gasteiger partial charge in [-0.2, -0.15) is 9.57 Å². The molecule has 1 aromatic rings. The van der Waals surface area contributed by atoms with Gasteiger partial charge in [-0.1, -0.05) is 11.6 Å². The fourth-order valence-corrected chi connectivity index (χ4v) is 4.01. The van der Waals surface area contributed by atoms with Gasteiger partial charge in [-0.3, -0.25) is 0 Å². The summed E-state index contributed by atoms with van der Waals surface area (Å²) in [5.74, 6) is 0. The molecule has 1 aromatic carbocycles. The normalized spacial score (nSPS) is 21.0. The maximum absolute atomic E-state index is 12.5. The summed E-state index contributed by atoms with van der Waals surface area (Å²) in [6.45, 7) is 0.418. The van der Waals surface area contributed by atoms with Crippen molar-refractivity contribution in [1.29, 1.82) is 5.26 Å². The fraction of sp³-hybridized carbons (Fsp3) is 0.417. The topological polar surface area (TPSA) is 87.2 Å². The van der Waals surface area contributed by atoms with Crippen LogP contribution in [0.2, 0.25) is 5.02 Å². The Balaban J connectivity index is 2.39. The summed E-state index contributed by atoms with van der Waals surface area (Å²) >= 11 is 5.87. The second kappa shape index (κ2) is 5.47. The molecule has 1 saturated heterocycles. The van der Waals surface area contributed by atoms with Gasteiger partial charge in [0.1, 0.15) is 6.07 Å². The van der Waals surface area contributed by atoms with E-state index in [0.29, 0.717) is 13.0 Å². The van der Waals surface area contributed by atoms with E-state index in [0.717, 1.165) is 12.8 Å². The third-order valence-corrected chi connectivity index (χ3v) is 5.40. The number of piperidine rings is 1. The van der Waals surface area contributed by atoms with Gasteiger partial charge >= 0.3 is 0 Å². The number of nitrogens with zero attached hydrogens (tertiary/aromatic N) is 2. The van der Waals surface area contributed by atoms with Gasteiger partial charge in [0.2, 0.25) is 10.0 Å². The molecule has 0 aromatic heterocycles. The SMILES string of the molecule is N#Cc1ccc(S(=O)(=O)N2CCCCC2N)cc1Cl. The Labute approximate surface area is 117 Å². The van der Waals surface area contributed by atoms with E-state index in [1.807, 2.05) is 6.07 Å². The van der Waals surface area contributed by atoms with Gasteiger partial charge in [-0.15, -0.1) is 0 Å². The van der Waals surface area contributed by atoms with Crippen LogP contribution in [0.1, 0.15) is 24.8 Å². The molecule has 0 aliphatic carbocycles. The average molecular weight is 300 g/mol. The maximum atomic E-state index is 12.5. The molecule has 2 rings (SSSR count). The van der Waals surface area contributed by atoms with Crippen LogP contribution in [0.3, 0.4) is 0 Å². The smallest absolute Gasteiger partial charge is 0.244 e. The molecule has 5 nitrogen and oxygen atoms in total. The predicted molar refractivity (Wildman–Crippen MR) is 71.9 cm³/mol. The highest BCUT2D eigenvalue weighted by molar-refractivity contribution is 7.89. The van der Waals surface area contributed by atoms with E-state index in [4.69, 9.17) is 22.6 Å². The van der Waals surface area contributed by atoms with Crippen molar-refractivity contribution < 1.29 is 8.42 Å². The molecule has 1 aliphatic rings. The van der Waals surface area contributed by atoms with Crippen molar-refractivity contribution in [3.8, 4) is 6.07 Å². The second-order valence-corrected chi connectivity index (χ2v) is 6.73. The lowest BCUT2D eigenvalue weighted by Gasteiger charge is -2.31. The molecule has 1 aliphatic heterocycles. The van der Waals surface area contributed by atoms with Gasteiger partial charge in [-0.05, 0) is 37.5 Å². The number of rotatable bonds is 2. The minimum Gasteiger partial charge on any atom is -0.315 e. The Morgan fingerprint density at radius 2 is 2.16 bits per heavy atom. The Hall–Kier alpha value is -1.13. The quantitative estimate of drug-likeness (QED) is 0.900. The van der Waals surface area contributed by atoms with Crippen LogP contribution in [-0.4, -0.2) is 25.4 Å². The van der Waals surface area contributed by atoms with Crippen LogP contribution in [0.5, 0.6) is 0 Å². The number of sulfonamides is 1. The third-order valence-electron chi connectivity index (χ3n) is 3.17. The van der Waals surface area contributed by atoms with Crippen molar-refractivity contribution in [1.82, 2.24) is 4.31 Å². The Morgan fingerprint density at radius 3 is 2.74 bits per heavy atom. The minimum absolute atomic E-state index is 0.0776. The average Bonchev–Trinajstić information content (AvgIpc) is 2.39. The van der Waals surface area contributed by atoms with E-state index in [1.165, 1.54) is 22.5 Å². The highest BCUT2D eigenvalue weighted by Gasteiger charge is 2.31. The lowest BCUT2D eigenvalue weighted by atomic mass is 10.1. The highest BCUT2D eigenvalue weighted by Crippen LogP contribution is 2.26. The summed E-state index contributed by atoms with van der Waals surface area (Å²) in [6.07, 6.45) is 1.90. The molecule has 19 heavy (non-hydrogen) atoms. The minimum atomic E-state index is -3.64.